The Bertz CT molecular complexity index is 398. The number of nitrogens with one attached hydrogen (secondary N) is 1. The number of halogens is 4. The molecule has 0 saturated heterocycles. The first-order valence-corrected chi connectivity index (χ1v) is 5.99. The first kappa shape index (κ1) is 15.3. The van der Waals surface area contributed by atoms with Gasteiger partial charge in [0, 0.05) is 12.6 Å². The van der Waals surface area contributed by atoms with Gasteiger partial charge >= 0.3 is 6.36 Å². The minimum atomic E-state index is -4.70. The molecule has 18 heavy (non-hydrogen) atoms. The molecule has 0 radical (unpaired) electrons. The van der Waals surface area contributed by atoms with Crippen LogP contribution in [0.25, 0.3) is 0 Å². The fourth-order valence-electron chi connectivity index (χ4n) is 1.22. The van der Waals surface area contributed by atoms with Crippen LogP contribution in [0.2, 0.25) is 0 Å². The quantitative estimate of drug-likeness (QED) is 0.873. The lowest BCUT2D eigenvalue weighted by molar-refractivity contribution is -0.274. The molecule has 0 aromatic heterocycles. The lowest BCUT2D eigenvalue weighted by atomic mass is 10.2. The second-order valence-corrected chi connectivity index (χ2v) is 4.63. The molecule has 2 N–H and O–H groups in total. The number of benzene rings is 1. The van der Waals surface area contributed by atoms with E-state index in [9.17, 15) is 13.2 Å². The van der Waals surface area contributed by atoms with E-state index in [2.05, 4.69) is 26.0 Å². The average molecular weight is 328 g/mol. The van der Waals surface area contributed by atoms with E-state index < -0.39 is 6.36 Å². The van der Waals surface area contributed by atoms with Gasteiger partial charge in [-0.2, -0.15) is 0 Å². The van der Waals surface area contributed by atoms with Crippen molar-refractivity contribution in [3.05, 3.63) is 28.2 Å². The molecule has 0 heterocycles. The zero-order valence-corrected chi connectivity index (χ0v) is 11.2. The monoisotopic (exact) mass is 327 g/mol. The Labute approximate surface area is 111 Å². The summed E-state index contributed by atoms with van der Waals surface area (Å²) >= 11 is 3.02. The van der Waals surface area contributed by atoms with E-state index >= 15 is 0 Å². The summed E-state index contributed by atoms with van der Waals surface area (Å²) in [5.74, 6) is -0.276. The van der Waals surface area contributed by atoms with Crippen molar-refractivity contribution in [2.75, 3.05) is 6.61 Å². The van der Waals surface area contributed by atoms with Gasteiger partial charge in [-0.3, -0.25) is 0 Å². The smallest absolute Gasteiger partial charge is 0.405 e. The third kappa shape index (κ3) is 5.24. The van der Waals surface area contributed by atoms with Gasteiger partial charge in [0.1, 0.15) is 5.75 Å². The van der Waals surface area contributed by atoms with Crippen LogP contribution in [0.4, 0.5) is 13.2 Å². The average Bonchev–Trinajstić information content (AvgIpc) is 2.27. The van der Waals surface area contributed by atoms with Gasteiger partial charge in [0.25, 0.3) is 0 Å². The standard InChI is InChI=1S/C11H13BrF3NO2/c1-7(6-17)16-5-8-2-3-10(9(12)4-8)18-11(13,14)15/h2-4,7,16-17H,5-6H2,1H3. The molecule has 0 saturated carbocycles. The van der Waals surface area contributed by atoms with Crippen molar-refractivity contribution < 1.29 is 23.0 Å². The maximum absolute atomic E-state index is 12.0. The maximum atomic E-state index is 12.0. The summed E-state index contributed by atoms with van der Waals surface area (Å²) in [7, 11) is 0. The predicted octanol–water partition coefficient (Wildman–Crippen LogP) is 2.82. The van der Waals surface area contributed by atoms with Gasteiger partial charge in [-0.25, -0.2) is 0 Å². The van der Waals surface area contributed by atoms with Crippen molar-refractivity contribution in [2.45, 2.75) is 25.9 Å². The Hall–Kier alpha value is -0.790. The molecule has 1 unspecified atom stereocenters. The van der Waals surface area contributed by atoms with Crippen LogP contribution >= 0.6 is 15.9 Å². The number of aliphatic hydroxyl groups is 1. The molecule has 7 heteroatoms. The lowest BCUT2D eigenvalue weighted by Crippen LogP contribution is -2.28. The zero-order valence-electron chi connectivity index (χ0n) is 9.59. The van der Waals surface area contributed by atoms with Crippen LogP contribution in [0.15, 0.2) is 22.7 Å². The van der Waals surface area contributed by atoms with E-state index in [0.717, 1.165) is 5.56 Å². The van der Waals surface area contributed by atoms with Crippen LogP contribution in [0.5, 0.6) is 5.75 Å². The highest BCUT2D eigenvalue weighted by Crippen LogP contribution is 2.30. The molecule has 0 amide bonds. The van der Waals surface area contributed by atoms with Gasteiger partial charge in [0.05, 0.1) is 11.1 Å². The van der Waals surface area contributed by atoms with E-state index in [1.165, 1.54) is 18.2 Å². The molecular weight excluding hydrogens is 315 g/mol. The Morgan fingerprint density at radius 2 is 2.11 bits per heavy atom. The second kappa shape index (κ2) is 6.40. The zero-order chi connectivity index (χ0) is 13.8. The van der Waals surface area contributed by atoms with Crippen LogP contribution in [0.1, 0.15) is 12.5 Å². The summed E-state index contributed by atoms with van der Waals surface area (Å²) in [6.07, 6.45) is -4.70. The number of hydrogen-bond donors (Lipinski definition) is 2. The third-order valence-electron chi connectivity index (χ3n) is 2.15. The molecule has 1 aromatic carbocycles. The van der Waals surface area contributed by atoms with E-state index in [0.29, 0.717) is 6.54 Å². The number of alkyl halides is 3. The van der Waals surface area contributed by atoms with Crippen LogP contribution in [0, 0.1) is 0 Å². The van der Waals surface area contributed by atoms with Gasteiger partial charge in [-0.15, -0.1) is 13.2 Å². The minimum absolute atomic E-state index is 0.00353. The van der Waals surface area contributed by atoms with Gasteiger partial charge in [0.2, 0.25) is 0 Å². The topological polar surface area (TPSA) is 41.5 Å². The number of rotatable bonds is 5. The summed E-state index contributed by atoms with van der Waals surface area (Å²) in [6.45, 7) is 2.25. The molecule has 1 rings (SSSR count). The number of aliphatic hydroxyl groups excluding tert-OH is 1. The van der Waals surface area contributed by atoms with Crippen molar-refractivity contribution in [3.63, 3.8) is 0 Å². The van der Waals surface area contributed by atoms with E-state index in [-0.39, 0.29) is 22.9 Å². The van der Waals surface area contributed by atoms with Crippen molar-refractivity contribution in [1.29, 1.82) is 0 Å². The molecule has 0 spiro atoms. The largest absolute Gasteiger partial charge is 0.573 e. The van der Waals surface area contributed by atoms with E-state index in [1.807, 2.05) is 0 Å². The van der Waals surface area contributed by atoms with E-state index in [4.69, 9.17) is 5.11 Å². The van der Waals surface area contributed by atoms with Crippen molar-refractivity contribution in [1.82, 2.24) is 5.32 Å². The Kier molecular flexibility index (Phi) is 5.43. The molecular formula is C11H13BrF3NO2. The predicted molar refractivity (Wildman–Crippen MR) is 64.2 cm³/mol. The van der Waals surface area contributed by atoms with Crippen LogP contribution in [-0.4, -0.2) is 24.1 Å². The van der Waals surface area contributed by atoms with Gasteiger partial charge in [-0.05, 0) is 40.5 Å². The number of ether oxygens (including phenoxy) is 1. The fourth-order valence-corrected chi connectivity index (χ4v) is 1.73. The van der Waals surface area contributed by atoms with Gasteiger partial charge in [-0.1, -0.05) is 6.07 Å². The molecule has 102 valence electrons. The molecule has 0 fully saturated rings. The highest BCUT2D eigenvalue weighted by Gasteiger charge is 2.31. The SMILES string of the molecule is CC(CO)NCc1ccc(OC(F)(F)F)c(Br)c1. The Balaban J connectivity index is 2.67. The van der Waals surface area contributed by atoms with Gasteiger partial charge < -0.3 is 15.2 Å². The summed E-state index contributed by atoms with van der Waals surface area (Å²) in [5.41, 5.74) is 0.789. The maximum Gasteiger partial charge on any atom is 0.573 e. The summed E-state index contributed by atoms with van der Waals surface area (Å²) < 4.78 is 40.2. The first-order chi connectivity index (χ1) is 8.31. The van der Waals surface area contributed by atoms with Gasteiger partial charge in [0.15, 0.2) is 0 Å². The number of hydrogen-bond acceptors (Lipinski definition) is 3. The molecule has 0 bridgehead atoms. The molecule has 0 aliphatic rings. The summed E-state index contributed by atoms with van der Waals surface area (Å²) in [5, 5.41) is 11.8. The van der Waals surface area contributed by atoms with Crippen LogP contribution in [-0.2, 0) is 6.54 Å². The summed E-state index contributed by atoms with van der Waals surface area (Å²) in [6, 6.07) is 4.24. The van der Waals surface area contributed by atoms with Crippen molar-refractivity contribution in [3.8, 4) is 5.75 Å². The molecule has 1 aromatic rings. The molecule has 0 aliphatic carbocycles. The van der Waals surface area contributed by atoms with Crippen LogP contribution in [0.3, 0.4) is 0 Å². The lowest BCUT2D eigenvalue weighted by Gasteiger charge is -2.13. The normalized spacial score (nSPS) is 13.4. The van der Waals surface area contributed by atoms with Crippen molar-refractivity contribution in [2.24, 2.45) is 0 Å². The Morgan fingerprint density at radius 1 is 1.44 bits per heavy atom. The molecule has 3 nitrogen and oxygen atoms in total. The van der Waals surface area contributed by atoms with Crippen molar-refractivity contribution >= 4 is 15.9 Å². The first-order valence-electron chi connectivity index (χ1n) is 5.20. The fraction of sp³-hybridized carbons (Fsp3) is 0.455. The van der Waals surface area contributed by atoms with Crippen LogP contribution < -0.4 is 10.1 Å². The summed E-state index contributed by atoms with van der Waals surface area (Å²) in [4.78, 5) is 0. The Morgan fingerprint density at radius 3 is 2.61 bits per heavy atom. The highest BCUT2D eigenvalue weighted by atomic mass is 79.9. The molecule has 1 atom stereocenters. The third-order valence-corrected chi connectivity index (χ3v) is 2.77. The second-order valence-electron chi connectivity index (χ2n) is 3.78. The highest BCUT2D eigenvalue weighted by molar-refractivity contribution is 9.10. The molecule has 0 aliphatic heterocycles. The van der Waals surface area contributed by atoms with E-state index in [1.54, 1.807) is 6.92 Å². The minimum Gasteiger partial charge on any atom is -0.405 e.